The van der Waals surface area contributed by atoms with Crippen molar-refractivity contribution >= 4 is 0 Å². The van der Waals surface area contributed by atoms with Crippen LogP contribution in [0.4, 0.5) is 0 Å². The molecule has 0 amide bonds. The average molecular weight is 290 g/mol. The third-order valence-electron chi connectivity index (χ3n) is 4.31. The highest BCUT2D eigenvalue weighted by Crippen LogP contribution is 2.24. The van der Waals surface area contributed by atoms with Crippen molar-refractivity contribution in [2.24, 2.45) is 0 Å². The molecule has 1 saturated carbocycles. The second-order valence-corrected chi connectivity index (χ2v) is 5.69. The summed E-state index contributed by atoms with van der Waals surface area (Å²) in [4.78, 5) is 2.31. The van der Waals surface area contributed by atoms with E-state index in [-0.39, 0.29) is 0 Å². The molecule has 0 aliphatic heterocycles. The lowest BCUT2D eigenvalue weighted by molar-refractivity contribution is 0.158. The molecule has 2 heterocycles. The Morgan fingerprint density at radius 3 is 2.76 bits per heavy atom. The van der Waals surface area contributed by atoms with E-state index in [4.69, 9.17) is 8.83 Å². The number of rotatable bonds is 5. The van der Waals surface area contributed by atoms with Crippen LogP contribution in [0.15, 0.2) is 27.2 Å². The van der Waals surface area contributed by atoms with Crippen LogP contribution in [0.25, 0.3) is 11.7 Å². The van der Waals surface area contributed by atoms with Gasteiger partial charge in [0.1, 0.15) is 0 Å². The van der Waals surface area contributed by atoms with Gasteiger partial charge in [-0.15, -0.1) is 10.2 Å². The molecule has 6 heteroatoms. The van der Waals surface area contributed by atoms with Gasteiger partial charge in [0.15, 0.2) is 5.76 Å². The van der Waals surface area contributed by atoms with E-state index in [1.165, 1.54) is 25.7 Å². The zero-order valence-corrected chi connectivity index (χ0v) is 12.6. The Hall–Kier alpha value is -1.66. The molecule has 1 aliphatic carbocycles. The third-order valence-corrected chi connectivity index (χ3v) is 4.31. The molecule has 0 saturated heterocycles. The van der Waals surface area contributed by atoms with Crippen LogP contribution in [0.3, 0.4) is 0 Å². The van der Waals surface area contributed by atoms with Gasteiger partial charge in [-0.05, 0) is 51.9 Å². The Labute approximate surface area is 124 Å². The quantitative estimate of drug-likeness (QED) is 0.911. The van der Waals surface area contributed by atoms with Crippen molar-refractivity contribution in [1.82, 2.24) is 20.4 Å². The van der Waals surface area contributed by atoms with Crippen molar-refractivity contribution in [2.45, 2.75) is 44.3 Å². The summed E-state index contributed by atoms with van der Waals surface area (Å²) in [5.74, 6) is 1.70. The highest BCUT2D eigenvalue weighted by atomic mass is 16.4. The van der Waals surface area contributed by atoms with Crippen LogP contribution in [0, 0.1) is 0 Å². The zero-order valence-electron chi connectivity index (χ0n) is 12.6. The lowest BCUT2D eigenvalue weighted by Gasteiger charge is -2.33. The van der Waals surface area contributed by atoms with Gasteiger partial charge in [-0.3, -0.25) is 4.90 Å². The Balaban J connectivity index is 1.57. The number of hydrogen-bond donors (Lipinski definition) is 1. The van der Waals surface area contributed by atoms with E-state index in [9.17, 15) is 0 Å². The molecule has 1 aliphatic rings. The van der Waals surface area contributed by atoms with E-state index in [2.05, 4.69) is 27.5 Å². The highest BCUT2D eigenvalue weighted by Gasteiger charge is 2.24. The fourth-order valence-electron chi connectivity index (χ4n) is 2.97. The minimum atomic E-state index is 0.447. The van der Waals surface area contributed by atoms with Gasteiger partial charge in [-0.2, -0.15) is 0 Å². The molecule has 0 unspecified atom stereocenters. The molecule has 6 nitrogen and oxygen atoms in total. The molecule has 0 atom stereocenters. The summed E-state index contributed by atoms with van der Waals surface area (Å²) in [6, 6.07) is 4.89. The SMILES string of the molecule is CNC1CCC(N(C)Cc2nnc(-c3ccco3)o2)CC1. The van der Waals surface area contributed by atoms with Crippen LogP contribution in [-0.2, 0) is 6.54 Å². The molecule has 0 bridgehead atoms. The molecular formula is C15H22N4O2. The van der Waals surface area contributed by atoms with Gasteiger partial charge in [-0.1, -0.05) is 0 Å². The van der Waals surface area contributed by atoms with Crippen LogP contribution in [0.1, 0.15) is 31.6 Å². The number of aromatic nitrogens is 2. The van der Waals surface area contributed by atoms with Crippen LogP contribution < -0.4 is 5.32 Å². The summed E-state index contributed by atoms with van der Waals surface area (Å²) in [6.45, 7) is 0.683. The van der Waals surface area contributed by atoms with Crippen LogP contribution in [-0.4, -0.2) is 41.3 Å². The highest BCUT2D eigenvalue weighted by molar-refractivity contribution is 5.42. The maximum atomic E-state index is 5.66. The van der Waals surface area contributed by atoms with E-state index in [0.717, 1.165) is 0 Å². The molecular weight excluding hydrogens is 268 g/mol. The number of furan rings is 1. The maximum Gasteiger partial charge on any atom is 0.283 e. The van der Waals surface area contributed by atoms with Gasteiger partial charge in [0, 0.05) is 12.1 Å². The Kier molecular flexibility index (Phi) is 4.36. The van der Waals surface area contributed by atoms with E-state index in [0.29, 0.717) is 36.2 Å². The van der Waals surface area contributed by atoms with E-state index < -0.39 is 0 Å². The molecule has 0 aromatic carbocycles. The second-order valence-electron chi connectivity index (χ2n) is 5.69. The normalized spacial score (nSPS) is 22.8. The smallest absolute Gasteiger partial charge is 0.283 e. The fourth-order valence-corrected chi connectivity index (χ4v) is 2.97. The van der Waals surface area contributed by atoms with Gasteiger partial charge in [-0.25, -0.2) is 0 Å². The molecule has 3 rings (SSSR count). The average Bonchev–Trinajstić information content (AvgIpc) is 3.18. The summed E-state index contributed by atoms with van der Waals surface area (Å²) in [5, 5.41) is 11.5. The van der Waals surface area contributed by atoms with Crippen molar-refractivity contribution < 1.29 is 8.83 Å². The summed E-state index contributed by atoms with van der Waals surface area (Å²) < 4.78 is 10.9. The Morgan fingerprint density at radius 2 is 2.10 bits per heavy atom. The van der Waals surface area contributed by atoms with Crippen molar-refractivity contribution in [3.63, 3.8) is 0 Å². The standard InChI is InChI=1S/C15H22N4O2/c1-16-11-5-7-12(8-6-11)19(2)10-14-17-18-15(21-14)13-4-3-9-20-13/h3-4,9,11-12,16H,5-8,10H2,1-2H3. The maximum absolute atomic E-state index is 5.66. The second kappa shape index (κ2) is 6.41. The number of nitrogens with one attached hydrogen (secondary N) is 1. The van der Waals surface area contributed by atoms with E-state index >= 15 is 0 Å². The molecule has 2 aromatic heterocycles. The molecule has 21 heavy (non-hydrogen) atoms. The van der Waals surface area contributed by atoms with Gasteiger partial charge in [0.25, 0.3) is 5.89 Å². The lowest BCUT2D eigenvalue weighted by Crippen LogP contribution is -2.39. The van der Waals surface area contributed by atoms with E-state index in [1.807, 2.05) is 19.2 Å². The summed E-state index contributed by atoms with van der Waals surface area (Å²) in [5.41, 5.74) is 0. The minimum Gasteiger partial charge on any atom is -0.459 e. The summed E-state index contributed by atoms with van der Waals surface area (Å²) in [7, 11) is 4.17. The third kappa shape index (κ3) is 3.33. The lowest BCUT2D eigenvalue weighted by atomic mass is 9.90. The van der Waals surface area contributed by atoms with Crippen molar-refractivity contribution in [3.8, 4) is 11.7 Å². The Bertz CT molecular complexity index is 544. The van der Waals surface area contributed by atoms with Crippen LogP contribution in [0.5, 0.6) is 0 Å². The van der Waals surface area contributed by atoms with Gasteiger partial charge in [0.2, 0.25) is 5.89 Å². The first-order chi connectivity index (χ1) is 10.3. The minimum absolute atomic E-state index is 0.447. The fraction of sp³-hybridized carbons (Fsp3) is 0.600. The number of hydrogen-bond acceptors (Lipinski definition) is 6. The molecule has 114 valence electrons. The monoisotopic (exact) mass is 290 g/mol. The van der Waals surface area contributed by atoms with Crippen LogP contribution >= 0.6 is 0 Å². The molecule has 0 radical (unpaired) electrons. The topological polar surface area (TPSA) is 67.3 Å². The van der Waals surface area contributed by atoms with E-state index in [1.54, 1.807) is 6.26 Å². The van der Waals surface area contributed by atoms with Crippen molar-refractivity contribution in [1.29, 1.82) is 0 Å². The van der Waals surface area contributed by atoms with Crippen LogP contribution in [0.2, 0.25) is 0 Å². The Morgan fingerprint density at radius 1 is 1.29 bits per heavy atom. The first kappa shape index (κ1) is 14.3. The summed E-state index contributed by atoms with van der Waals surface area (Å²) in [6.07, 6.45) is 6.48. The zero-order chi connectivity index (χ0) is 14.7. The molecule has 1 N–H and O–H groups in total. The number of nitrogens with zero attached hydrogens (tertiary/aromatic N) is 3. The molecule has 0 spiro atoms. The van der Waals surface area contributed by atoms with Crippen molar-refractivity contribution in [3.05, 3.63) is 24.3 Å². The first-order valence-electron chi connectivity index (χ1n) is 7.50. The predicted molar refractivity (Wildman–Crippen MR) is 78.6 cm³/mol. The first-order valence-corrected chi connectivity index (χ1v) is 7.50. The van der Waals surface area contributed by atoms with Gasteiger partial charge in [0.05, 0.1) is 12.8 Å². The van der Waals surface area contributed by atoms with Crippen molar-refractivity contribution in [2.75, 3.05) is 14.1 Å². The van der Waals surface area contributed by atoms with Gasteiger partial charge < -0.3 is 14.2 Å². The predicted octanol–water partition coefficient (Wildman–Crippen LogP) is 2.29. The van der Waals surface area contributed by atoms with Gasteiger partial charge >= 0.3 is 0 Å². The largest absolute Gasteiger partial charge is 0.459 e. The molecule has 1 fully saturated rings. The molecule has 2 aromatic rings. The summed E-state index contributed by atoms with van der Waals surface area (Å²) >= 11 is 0.